The molecule has 0 radical (unpaired) electrons. The minimum atomic E-state index is -0.863. The zero-order chi connectivity index (χ0) is 7.40. The highest BCUT2D eigenvalue weighted by Gasteiger charge is 2.01. The molecule has 10 heavy (non-hydrogen) atoms. The van der Waals surface area contributed by atoms with Gasteiger partial charge in [-0.3, -0.25) is 4.79 Å². The SMILES string of the molecule is O=C(O)CCc1ncno1. The first-order chi connectivity index (χ1) is 4.79. The summed E-state index contributed by atoms with van der Waals surface area (Å²) in [5.41, 5.74) is 0. The van der Waals surface area contributed by atoms with Gasteiger partial charge in [-0.1, -0.05) is 5.16 Å². The van der Waals surface area contributed by atoms with Gasteiger partial charge in [-0.05, 0) is 0 Å². The molecule has 0 unspecified atom stereocenters. The van der Waals surface area contributed by atoms with Crippen LogP contribution < -0.4 is 0 Å². The fourth-order valence-electron chi connectivity index (χ4n) is 0.520. The molecule has 1 N–H and O–H groups in total. The second-order valence-corrected chi connectivity index (χ2v) is 1.73. The summed E-state index contributed by atoms with van der Waals surface area (Å²) in [6, 6.07) is 0. The standard InChI is InChI=1S/C5H6N2O3/c8-5(9)2-1-4-6-3-7-10-4/h3H,1-2H2,(H,8,9). The molecule has 0 saturated heterocycles. The zero-order valence-corrected chi connectivity index (χ0v) is 5.15. The summed E-state index contributed by atoms with van der Waals surface area (Å²) in [5.74, 6) is -0.499. The summed E-state index contributed by atoms with van der Waals surface area (Å²) in [5, 5.41) is 11.5. The lowest BCUT2D eigenvalue weighted by Crippen LogP contribution is -1.97. The number of aryl methyl sites for hydroxylation is 1. The smallest absolute Gasteiger partial charge is 0.303 e. The average Bonchev–Trinajstić information content (AvgIpc) is 2.34. The lowest BCUT2D eigenvalue weighted by atomic mass is 10.3. The molecular weight excluding hydrogens is 136 g/mol. The molecule has 0 aliphatic heterocycles. The maximum atomic E-state index is 10.0. The summed E-state index contributed by atoms with van der Waals surface area (Å²) in [6.07, 6.45) is 1.58. The Labute approximate surface area is 56.7 Å². The van der Waals surface area contributed by atoms with E-state index in [1.54, 1.807) is 0 Å². The molecule has 0 fully saturated rings. The fraction of sp³-hybridized carbons (Fsp3) is 0.400. The molecule has 0 aromatic carbocycles. The average molecular weight is 142 g/mol. The van der Waals surface area contributed by atoms with Crippen molar-refractivity contribution in [2.75, 3.05) is 0 Å². The van der Waals surface area contributed by atoms with Gasteiger partial charge in [0.15, 0.2) is 6.33 Å². The quantitative estimate of drug-likeness (QED) is 0.647. The van der Waals surface area contributed by atoms with Crippen LogP contribution in [0.4, 0.5) is 0 Å². The molecule has 1 rings (SSSR count). The van der Waals surface area contributed by atoms with Gasteiger partial charge in [0, 0.05) is 6.42 Å². The van der Waals surface area contributed by atoms with Crippen molar-refractivity contribution in [1.82, 2.24) is 10.1 Å². The number of hydrogen-bond donors (Lipinski definition) is 1. The number of carboxylic acid groups (broad SMARTS) is 1. The van der Waals surface area contributed by atoms with Gasteiger partial charge in [-0.2, -0.15) is 4.98 Å². The predicted molar refractivity (Wildman–Crippen MR) is 30.3 cm³/mol. The topological polar surface area (TPSA) is 76.2 Å². The number of aromatic nitrogens is 2. The van der Waals surface area contributed by atoms with Crippen LogP contribution in [0.3, 0.4) is 0 Å². The number of rotatable bonds is 3. The van der Waals surface area contributed by atoms with Gasteiger partial charge in [0.1, 0.15) is 0 Å². The maximum Gasteiger partial charge on any atom is 0.303 e. The number of carbonyl (C=O) groups is 1. The predicted octanol–water partition coefficient (Wildman–Crippen LogP) is 0.0868. The van der Waals surface area contributed by atoms with E-state index in [1.807, 2.05) is 0 Å². The van der Waals surface area contributed by atoms with Crippen LogP contribution in [0.1, 0.15) is 12.3 Å². The van der Waals surface area contributed by atoms with Crippen LogP contribution in [0.2, 0.25) is 0 Å². The number of aliphatic carboxylic acids is 1. The van der Waals surface area contributed by atoms with E-state index >= 15 is 0 Å². The van der Waals surface area contributed by atoms with Crippen LogP contribution in [-0.2, 0) is 11.2 Å². The van der Waals surface area contributed by atoms with E-state index in [4.69, 9.17) is 5.11 Å². The Bertz CT molecular complexity index is 207. The van der Waals surface area contributed by atoms with Crippen molar-refractivity contribution >= 4 is 5.97 Å². The third-order valence-corrected chi connectivity index (χ3v) is 0.960. The Morgan fingerprint density at radius 1 is 1.80 bits per heavy atom. The molecule has 0 bridgehead atoms. The molecule has 54 valence electrons. The number of nitrogens with zero attached hydrogens (tertiary/aromatic N) is 2. The summed E-state index contributed by atoms with van der Waals surface area (Å²) in [4.78, 5) is 13.7. The van der Waals surface area contributed by atoms with E-state index < -0.39 is 5.97 Å². The largest absolute Gasteiger partial charge is 0.481 e. The lowest BCUT2D eigenvalue weighted by Gasteiger charge is -1.86. The molecule has 0 atom stereocenters. The molecule has 1 aromatic rings. The first-order valence-corrected chi connectivity index (χ1v) is 2.76. The molecule has 1 heterocycles. The second kappa shape index (κ2) is 2.95. The Morgan fingerprint density at radius 2 is 2.60 bits per heavy atom. The van der Waals surface area contributed by atoms with Crippen molar-refractivity contribution in [2.45, 2.75) is 12.8 Å². The third kappa shape index (κ3) is 1.85. The third-order valence-electron chi connectivity index (χ3n) is 0.960. The van der Waals surface area contributed by atoms with Gasteiger partial charge in [-0.15, -0.1) is 0 Å². The summed E-state index contributed by atoms with van der Waals surface area (Å²) >= 11 is 0. The van der Waals surface area contributed by atoms with Crippen LogP contribution >= 0.6 is 0 Å². The first-order valence-electron chi connectivity index (χ1n) is 2.76. The van der Waals surface area contributed by atoms with Crippen molar-refractivity contribution < 1.29 is 14.4 Å². The zero-order valence-electron chi connectivity index (χ0n) is 5.15. The van der Waals surface area contributed by atoms with Gasteiger partial charge >= 0.3 is 5.97 Å². The Kier molecular flexibility index (Phi) is 1.99. The van der Waals surface area contributed by atoms with Crippen LogP contribution in [0.25, 0.3) is 0 Å². The monoisotopic (exact) mass is 142 g/mol. The first kappa shape index (κ1) is 6.73. The molecule has 0 amide bonds. The van der Waals surface area contributed by atoms with Crippen molar-refractivity contribution in [3.63, 3.8) is 0 Å². The van der Waals surface area contributed by atoms with Crippen LogP contribution in [0, 0.1) is 0 Å². The van der Waals surface area contributed by atoms with E-state index in [0.29, 0.717) is 12.3 Å². The molecule has 0 saturated carbocycles. The van der Waals surface area contributed by atoms with Crippen molar-refractivity contribution in [2.24, 2.45) is 0 Å². The van der Waals surface area contributed by atoms with E-state index in [9.17, 15) is 4.79 Å². The van der Waals surface area contributed by atoms with Gasteiger partial charge in [-0.25, -0.2) is 0 Å². The molecule has 0 spiro atoms. The Balaban J connectivity index is 2.35. The van der Waals surface area contributed by atoms with E-state index in [2.05, 4.69) is 14.7 Å². The molecular formula is C5H6N2O3. The Hall–Kier alpha value is -1.39. The van der Waals surface area contributed by atoms with Crippen molar-refractivity contribution in [1.29, 1.82) is 0 Å². The van der Waals surface area contributed by atoms with Gasteiger partial charge in [0.05, 0.1) is 6.42 Å². The molecule has 0 aliphatic carbocycles. The normalized spacial score (nSPS) is 9.60. The van der Waals surface area contributed by atoms with Gasteiger partial charge < -0.3 is 9.63 Å². The van der Waals surface area contributed by atoms with Gasteiger partial charge in [0.25, 0.3) is 0 Å². The number of hydrogen-bond acceptors (Lipinski definition) is 4. The van der Waals surface area contributed by atoms with E-state index in [1.165, 1.54) is 6.33 Å². The maximum absolute atomic E-state index is 10.0. The Morgan fingerprint density at radius 3 is 3.10 bits per heavy atom. The van der Waals surface area contributed by atoms with Crippen LogP contribution in [-0.4, -0.2) is 21.2 Å². The highest BCUT2D eigenvalue weighted by Crippen LogP contribution is 1.95. The number of carboxylic acids is 1. The van der Waals surface area contributed by atoms with E-state index in [-0.39, 0.29) is 6.42 Å². The van der Waals surface area contributed by atoms with Gasteiger partial charge in [0.2, 0.25) is 5.89 Å². The molecule has 5 nitrogen and oxygen atoms in total. The van der Waals surface area contributed by atoms with Crippen LogP contribution in [0.15, 0.2) is 10.9 Å². The van der Waals surface area contributed by atoms with E-state index in [0.717, 1.165) is 0 Å². The van der Waals surface area contributed by atoms with Crippen molar-refractivity contribution in [3.8, 4) is 0 Å². The minimum Gasteiger partial charge on any atom is -0.481 e. The summed E-state index contributed by atoms with van der Waals surface area (Å²) < 4.78 is 4.56. The summed E-state index contributed by atoms with van der Waals surface area (Å²) in [7, 11) is 0. The summed E-state index contributed by atoms with van der Waals surface area (Å²) in [6.45, 7) is 0. The fourth-order valence-corrected chi connectivity index (χ4v) is 0.520. The van der Waals surface area contributed by atoms with Crippen molar-refractivity contribution in [3.05, 3.63) is 12.2 Å². The highest BCUT2D eigenvalue weighted by molar-refractivity contribution is 5.66. The minimum absolute atomic E-state index is 0.0300. The molecule has 1 aromatic heterocycles. The van der Waals surface area contributed by atoms with Crippen LogP contribution in [0.5, 0.6) is 0 Å². The highest BCUT2D eigenvalue weighted by atomic mass is 16.5. The second-order valence-electron chi connectivity index (χ2n) is 1.73. The molecule has 5 heteroatoms. The molecule has 0 aliphatic rings. The lowest BCUT2D eigenvalue weighted by molar-refractivity contribution is -0.137.